The Balaban J connectivity index is 2.44. The fraction of sp³-hybridized carbons (Fsp3) is 0.500. The van der Waals surface area contributed by atoms with Gasteiger partial charge in [0.25, 0.3) is 0 Å². The maximum Gasteiger partial charge on any atom is 0.124 e. The molecule has 0 saturated heterocycles. The second-order valence-corrected chi connectivity index (χ2v) is 6.44. The van der Waals surface area contributed by atoms with Crippen LogP contribution < -0.4 is 0 Å². The Labute approximate surface area is 108 Å². The average molecular weight is 305 g/mol. The van der Waals surface area contributed by atoms with Gasteiger partial charge in [-0.1, -0.05) is 29.8 Å². The van der Waals surface area contributed by atoms with Crippen molar-refractivity contribution in [3.8, 4) is 0 Å². The monoisotopic (exact) mass is 304 g/mol. The van der Waals surface area contributed by atoms with E-state index in [4.69, 9.17) is 0 Å². The molecule has 1 heterocycles. The lowest BCUT2D eigenvalue weighted by Crippen LogP contribution is -2.26. The Hall–Kier alpha value is -0.0600. The molecule has 4 heteroatoms. The van der Waals surface area contributed by atoms with Crippen LogP contribution in [0.3, 0.4) is 0 Å². The molecule has 2 rings (SSSR count). The summed E-state index contributed by atoms with van der Waals surface area (Å²) in [6.45, 7) is 4.17. The van der Waals surface area contributed by atoms with Crippen molar-refractivity contribution >= 4 is 27.7 Å². The maximum atomic E-state index is 13.3. The number of thioether (sulfide) groups is 1. The first-order chi connectivity index (χ1) is 7.50. The van der Waals surface area contributed by atoms with Gasteiger partial charge in [0.15, 0.2) is 0 Å². The van der Waals surface area contributed by atoms with Crippen molar-refractivity contribution in [3.63, 3.8) is 0 Å². The van der Waals surface area contributed by atoms with E-state index in [2.05, 4.69) is 29.8 Å². The van der Waals surface area contributed by atoms with Crippen LogP contribution in [0.15, 0.2) is 16.6 Å². The number of benzene rings is 1. The smallest absolute Gasteiger partial charge is 0.124 e. The van der Waals surface area contributed by atoms with E-state index in [1.807, 2.05) is 0 Å². The quantitative estimate of drug-likeness (QED) is 0.849. The molecule has 2 atom stereocenters. The molecule has 0 bridgehead atoms. The third kappa shape index (κ3) is 2.15. The summed E-state index contributed by atoms with van der Waals surface area (Å²) in [4.78, 5) is 0. The molecule has 0 saturated carbocycles. The third-order valence-electron chi connectivity index (χ3n) is 2.90. The van der Waals surface area contributed by atoms with Gasteiger partial charge in [-0.2, -0.15) is 11.8 Å². The third-order valence-corrected chi connectivity index (χ3v) is 5.25. The second-order valence-electron chi connectivity index (χ2n) is 4.42. The van der Waals surface area contributed by atoms with E-state index in [1.165, 1.54) is 12.1 Å². The van der Waals surface area contributed by atoms with E-state index in [9.17, 15) is 9.50 Å². The average Bonchev–Trinajstić information content (AvgIpc) is 2.19. The van der Waals surface area contributed by atoms with Gasteiger partial charge < -0.3 is 5.11 Å². The SMILES string of the molecule is CC(C)C1SCc2c(Br)cc(F)cc2C1O. The minimum absolute atomic E-state index is 0.154. The summed E-state index contributed by atoms with van der Waals surface area (Å²) in [7, 11) is 0. The van der Waals surface area contributed by atoms with Crippen LogP contribution in [0, 0.1) is 11.7 Å². The van der Waals surface area contributed by atoms with Crippen molar-refractivity contribution in [3.05, 3.63) is 33.5 Å². The summed E-state index contributed by atoms with van der Waals surface area (Å²) in [5, 5.41) is 10.4. The minimum Gasteiger partial charge on any atom is -0.387 e. The molecule has 88 valence electrons. The Bertz CT molecular complexity index is 408. The van der Waals surface area contributed by atoms with Gasteiger partial charge in [-0.25, -0.2) is 4.39 Å². The number of hydrogen-bond donors (Lipinski definition) is 1. The highest BCUT2D eigenvalue weighted by Crippen LogP contribution is 2.43. The molecule has 0 amide bonds. The zero-order chi connectivity index (χ0) is 11.9. The summed E-state index contributed by atoms with van der Waals surface area (Å²) in [6, 6.07) is 2.92. The first kappa shape index (κ1) is 12.4. The lowest BCUT2D eigenvalue weighted by molar-refractivity contribution is 0.155. The van der Waals surface area contributed by atoms with Crippen LogP contribution in [0.25, 0.3) is 0 Å². The standard InChI is InChI=1S/C12H14BrFOS/c1-6(2)12-11(15)8-3-7(14)4-10(13)9(8)5-16-12/h3-4,6,11-12,15H,5H2,1-2H3. The van der Waals surface area contributed by atoms with Gasteiger partial charge in [-0.3, -0.25) is 0 Å². The van der Waals surface area contributed by atoms with Crippen molar-refractivity contribution in [1.82, 2.24) is 0 Å². The van der Waals surface area contributed by atoms with E-state index in [-0.39, 0.29) is 11.1 Å². The molecule has 2 unspecified atom stereocenters. The maximum absolute atomic E-state index is 13.3. The summed E-state index contributed by atoms with van der Waals surface area (Å²) in [6.07, 6.45) is -0.569. The van der Waals surface area contributed by atoms with Gasteiger partial charge in [0.1, 0.15) is 5.82 Å². The van der Waals surface area contributed by atoms with E-state index in [1.54, 1.807) is 11.8 Å². The van der Waals surface area contributed by atoms with Gasteiger partial charge in [0.2, 0.25) is 0 Å². The molecule has 0 fully saturated rings. The molecule has 1 aromatic carbocycles. The van der Waals surface area contributed by atoms with Crippen LogP contribution in [-0.4, -0.2) is 10.4 Å². The van der Waals surface area contributed by atoms with Crippen LogP contribution in [0.2, 0.25) is 0 Å². The molecule has 0 radical (unpaired) electrons. The molecule has 1 aromatic rings. The second kappa shape index (κ2) is 4.67. The Kier molecular flexibility index (Phi) is 3.62. The van der Waals surface area contributed by atoms with E-state index >= 15 is 0 Å². The highest BCUT2D eigenvalue weighted by Gasteiger charge is 2.32. The molecule has 16 heavy (non-hydrogen) atoms. The molecular formula is C12H14BrFOS. The Morgan fingerprint density at radius 1 is 1.50 bits per heavy atom. The number of rotatable bonds is 1. The molecule has 0 spiro atoms. The summed E-state index contributed by atoms with van der Waals surface area (Å²) in [5.74, 6) is 0.921. The Morgan fingerprint density at radius 2 is 2.19 bits per heavy atom. The van der Waals surface area contributed by atoms with Crippen LogP contribution in [0.4, 0.5) is 4.39 Å². The number of halogens is 2. The lowest BCUT2D eigenvalue weighted by atomic mass is 9.95. The predicted molar refractivity (Wildman–Crippen MR) is 69.0 cm³/mol. The largest absolute Gasteiger partial charge is 0.387 e. The topological polar surface area (TPSA) is 20.2 Å². The van der Waals surface area contributed by atoms with Crippen molar-refractivity contribution in [2.45, 2.75) is 31.0 Å². The van der Waals surface area contributed by atoms with Gasteiger partial charge >= 0.3 is 0 Å². The van der Waals surface area contributed by atoms with E-state index in [0.29, 0.717) is 5.92 Å². The van der Waals surface area contributed by atoms with Crippen LogP contribution in [0.1, 0.15) is 31.1 Å². The van der Waals surface area contributed by atoms with E-state index < -0.39 is 6.10 Å². The summed E-state index contributed by atoms with van der Waals surface area (Å²) >= 11 is 5.09. The van der Waals surface area contributed by atoms with Crippen molar-refractivity contribution in [1.29, 1.82) is 0 Å². The first-order valence-electron chi connectivity index (χ1n) is 5.28. The highest BCUT2D eigenvalue weighted by atomic mass is 79.9. The minimum atomic E-state index is -0.569. The zero-order valence-electron chi connectivity index (χ0n) is 9.21. The molecule has 1 aliphatic heterocycles. The normalized spacial score (nSPS) is 24.6. The zero-order valence-corrected chi connectivity index (χ0v) is 11.6. The van der Waals surface area contributed by atoms with Crippen molar-refractivity contribution < 1.29 is 9.50 Å². The van der Waals surface area contributed by atoms with Crippen LogP contribution in [0.5, 0.6) is 0 Å². The van der Waals surface area contributed by atoms with Gasteiger partial charge in [-0.05, 0) is 29.2 Å². The molecule has 1 N–H and O–H groups in total. The van der Waals surface area contributed by atoms with Gasteiger partial charge in [0, 0.05) is 15.5 Å². The fourth-order valence-electron chi connectivity index (χ4n) is 2.04. The molecule has 0 aliphatic carbocycles. The van der Waals surface area contributed by atoms with Crippen LogP contribution in [-0.2, 0) is 5.75 Å². The molecule has 1 nitrogen and oxygen atoms in total. The van der Waals surface area contributed by atoms with Crippen molar-refractivity contribution in [2.75, 3.05) is 0 Å². The highest BCUT2D eigenvalue weighted by molar-refractivity contribution is 9.10. The fourth-order valence-corrected chi connectivity index (χ4v) is 4.21. The number of fused-ring (bicyclic) bond motifs is 1. The first-order valence-corrected chi connectivity index (χ1v) is 7.12. The van der Waals surface area contributed by atoms with Crippen LogP contribution >= 0.6 is 27.7 Å². The predicted octanol–water partition coefficient (Wildman–Crippen LogP) is 3.89. The molecule has 1 aliphatic rings. The summed E-state index contributed by atoms with van der Waals surface area (Å²) in [5.41, 5.74) is 1.76. The number of aliphatic hydroxyl groups excluding tert-OH is 1. The van der Waals surface area contributed by atoms with Gasteiger partial charge in [-0.15, -0.1) is 0 Å². The number of aliphatic hydroxyl groups is 1. The van der Waals surface area contributed by atoms with Gasteiger partial charge in [0.05, 0.1) is 6.10 Å². The molecule has 0 aromatic heterocycles. The Morgan fingerprint density at radius 3 is 2.81 bits per heavy atom. The lowest BCUT2D eigenvalue weighted by Gasteiger charge is -2.32. The van der Waals surface area contributed by atoms with Crippen molar-refractivity contribution in [2.24, 2.45) is 5.92 Å². The summed E-state index contributed by atoms with van der Waals surface area (Å²) < 4.78 is 14.1. The van der Waals surface area contributed by atoms with E-state index in [0.717, 1.165) is 21.4 Å². The number of hydrogen-bond acceptors (Lipinski definition) is 2. The molecular weight excluding hydrogens is 291 g/mol.